The van der Waals surface area contributed by atoms with Crippen LogP contribution in [0.3, 0.4) is 0 Å². The van der Waals surface area contributed by atoms with Crippen molar-refractivity contribution in [3.05, 3.63) is 52.5 Å². The van der Waals surface area contributed by atoms with Crippen LogP contribution in [0.1, 0.15) is 11.7 Å². The molecule has 2 N–H and O–H groups in total. The fraction of sp³-hybridized carbons (Fsp3) is 0.250. The first-order chi connectivity index (χ1) is 10.1. The first kappa shape index (κ1) is 15.7. The van der Waals surface area contributed by atoms with Gasteiger partial charge in [0.05, 0.1) is 20.3 Å². The highest BCUT2D eigenvalue weighted by molar-refractivity contribution is 9.10. The molecule has 2 aromatic rings. The minimum atomic E-state index is -0.598. The van der Waals surface area contributed by atoms with Gasteiger partial charge in [0.2, 0.25) is 0 Å². The van der Waals surface area contributed by atoms with Crippen LogP contribution in [0.5, 0.6) is 11.5 Å². The molecule has 0 saturated carbocycles. The molecule has 0 heterocycles. The third-order valence-corrected chi connectivity index (χ3v) is 3.58. The molecular formula is C16H18BrNO3. The molecule has 4 nitrogen and oxygen atoms in total. The van der Waals surface area contributed by atoms with Crippen LogP contribution in [0.15, 0.2) is 46.9 Å². The summed E-state index contributed by atoms with van der Waals surface area (Å²) in [6, 6.07) is 13.1. The lowest BCUT2D eigenvalue weighted by Gasteiger charge is -2.15. The molecule has 0 fully saturated rings. The summed E-state index contributed by atoms with van der Waals surface area (Å²) in [5.74, 6) is 1.41. The number of aliphatic hydroxyl groups excluding tert-OH is 1. The summed E-state index contributed by atoms with van der Waals surface area (Å²) in [6.45, 7) is 0.396. The number of ether oxygens (including phenoxy) is 2. The number of anilines is 1. The van der Waals surface area contributed by atoms with Crippen LogP contribution in [-0.2, 0) is 0 Å². The molecule has 1 atom stereocenters. The minimum absolute atomic E-state index is 0.396. The number of benzene rings is 2. The van der Waals surface area contributed by atoms with Gasteiger partial charge >= 0.3 is 0 Å². The van der Waals surface area contributed by atoms with Crippen molar-refractivity contribution in [3.63, 3.8) is 0 Å². The zero-order chi connectivity index (χ0) is 15.2. The van der Waals surface area contributed by atoms with Crippen molar-refractivity contribution < 1.29 is 14.6 Å². The smallest absolute Gasteiger partial charge is 0.124 e. The number of nitrogens with one attached hydrogen (secondary N) is 1. The Labute approximate surface area is 132 Å². The van der Waals surface area contributed by atoms with Gasteiger partial charge in [-0.05, 0) is 17.7 Å². The van der Waals surface area contributed by atoms with Gasteiger partial charge in [0, 0.05) is 34.9 Å². The Hall–Kier alpha value is -1.72. The molecule has 2 aromatic carbocycles. The van der Waals surface area contributed by atoms with Crippen LogP contribution in [0.4, 0.5) is 5.69 Å². The van der Waals surface area contributed by atoms with E-state index in [-0.39, 0.29) is 0 Å². The first-order valence-electron chi connectivity index (χ1n) is 6.53. The van der Waals surface area contributed by atoms with Crippen LogP contribution in [0, 0.1) is 0 Å². The van der Waals surface area contributed by atoms with E-state index in [0.29, 0.717) is 18.0 Å². The van der Waals surface area contributed by atoms with Gasteiger partial charge in [0.1, 0.15) is 11.5 Å². The minimum Gasteiger partial charge on any atom is -0.497 e. The highest BCUT2D eigenvalue weighted by Crippen LogP contribution is 2.26. The van der Waals surface area contributed by atoms with Crippen LogP contribution in [0.25, 0.3) is 0 Å². The van der Waals surface area contributed by atoms with E-state index in [1.54, 1.807) is 20.3 Å². The van der Waals surface area contributed by atoms with Crippen molar-refractivity contribution >= 4 is 21.6 Å². The second-order valence-electron chi connectivity index (χ2n) is 4.55. The van der Waals surface area contributed by atoms with Crippen LogP contribution in [-0.4, -0.2) is 25.9 Å². The predicted octanol–water partition coefficient (Wildman–Crippen LogP) is 3.61. The number of rotatable bonds is 6. The van der Waals surface area contributed by atoms with E-state index in [1.165, 1.54) is 0 Å². The van der Waals surface area contributed by atoms with Crippen LogP contribution >= 0.6 is 15.9 Å². The lowest BCUT2D eigenvalue weighted by molar-refractivity contribution is 0.191. The van der Waals surface area contributed by atoms with Crippen molar-refractivity contribution in [3.8, 4) is 11.5 Å². The van der Waals surface area contributed by atoms with Crippen LogP contribution in [0.2, 0.25) is 0 Å². The third-order valence-electron chi connectivity index (χ3n) is 3.08. The standard InChI is InChI=1S/C16H18BrNO3/c1-20-14-7-13(8-15(9-14)21-2)18-10-16(19)11-4-3-5-12(17)6-11/h3-9,16,18-19H,10H2,1-2H3. The fourth-order valence-electron chi connectivity index (χ4n) is 1.96. The monoisotopic (exact) mass is 351 g/mol. The summed E-state index contributed by atoms with van der Waals surface area (Å²) in [5, 5.41) is 13.4. The van der Waals surface area contributed by atoms with Gasteiger partial charge in [-0.25, -0.2) is 0 Å². The fourth-order valence-corrected chi connectivity index (χ4v) is 2.37. The number of hydrogen-bond acceptors (Lipinski definition) is 4. The average Bonchev–Trinajstić information content (AvgIpc) is 2.52. The van der Waals surface area contributed by atoms with E-state index < -0.39 is 6.10 Å². The van der Waals surface area contributed by atoms with Crippen molar-refractivity contribution in [2.75, 3.05) is 26.1 Å². The Bertz CT molecular complexity index is 582. The predicted molar refractivity (Wildman–Crippen MR) is 87.1 cm³/mol. The molecule has 2 rings (SSSR count). The Balaban J connectivity index is 2.05. The molecule has 0 aliphatic rings. The third kappa shape index (κ3) is 4.37. The normalized spacial score (nSPS) is 11.8. The molecule has 0 bridgehead atoms. The molecule has 1 unspecified atom stereocenters. The maximum absolute atomic E-state index is 10.2. The number of halogens is 1. The van der Waals surface area contributed by atoms with E-state index in [4.69, 9.17) is 9.47 Å². The maximum atomic E-state index is 10.2. The maximum Gasteiger partial charge on any atom is 0.124 e. The second kappa shape index (κ2) is 7.33. The Kier molecular flexibility index (Phi) is 5.47. The van der Waals surface area contributed by atoms with Gasteiger partial charge in [-0.2, -0.15) is 0 Å². The summed E-state index contributed by atoms with van der Waals surface area (Å²) in [5.41, 5.74) is 1.69. The van der Waals surface area contributed by atoms with Gasteiger partial charge in [-0.15, -0.1) is 0 Å². The van der Waals surface area contributed by atoms with E-state index >= 15 is 0 Å². The number of methoxy groups -OCH3 is 2. The van der Waals surface area contributed by atoms with Crippen molar-refractivity contribution in [2.24, 2.45) is 0 Å². The summed E-state index contributed by atoms with van der Waals surface area (Å²) in [4.78, 5) is 0. The van der Waals surface area contributed by atoms with E-state index in [0.717, 1.165) is 15.7 Å². The molecule has 21 heavy (non-hydrogen) atoms. The Morgan fingerprint density at radius 3 is 2.33 bits per heavy atom. The zero-order valence-corrected chi connectivity index (χ0v) is 13.6. The lowest BCUT2D eigenvalue weighted by Crippen LogP contribution is -2.12. The van der Waals surface area contributed by atoms with Crippen molar-refractivity contribution in [1.82, 2.24) is 0 Å². The summed E-state index contributed by atoms with van der Waals surface area (Å²) < 4.78 is 11.4. The molecule has 0 aliphatic heterocycles. The molecule has 0 radical (unpaired) electrons. The molecule has 0 amide bonds. The summed E-state index contributed by atoms with van der Waals surface area (Å²) in [6.07, 6.45) is -0.598. The van der Waals surface area contributed by atoms with Gasteiger partial charge in [0.25, 0.3) is 0 Å². The van der Waals surface area contributed by atoms with Crippen molar-refractivity contribution in [1.29, 1.82) is 0 Å². The zero-order valence-electron chi connectivity index (χ0n) is 12.0. The summed E-state index contributed by atoms with van der Waals surface area (Å²) >= 11 is 3.40. The molecule has 0 spiro atoms. The van der Waals surface area contributed by atoms with Crippen molar-refractivity contribution in [2.45, 2.75) is 6.10 Å². The molecular weight excluding hydrogens is 334 g/mol. The largest absolute Gasteiger partial charge is 0.497 e. The molecule has 0 aromatic heterocycles. The lowest BCUT2D eigenvalue weighted by atomic mass is 10.1. The SMILES string of the molecule is COc1cc(NCC(O)c2cccc(Br)c2)cc(OC)c1. The van der Waals surface area contributed by atoms with Gasteiger partial charge in [0.15, 0.2) is 0 Å². The molecule has 5 heteroatoms. The summed E-state index contributed by atoms with van der Waals surface area (Å²) in [7, 11) is 3.21. The number of aliphatic hydroxyl groups is 1. The average molecular weight is 352 g/mol. The van der Waals surface area contributed by atoms with Gasteiger partial charge in [-0.3, -0.25) is 0 Å². The van der Waals surface area contributed by atoms with E-state index in [1.807, 2.05) is 36.4 Å². The topological polar surface area (TPSA) is 50.7 Å². The van der Waals surface area contributed by atoms with Gasteiger partial charge in [-0.1, -0.05) is 28.1 Å². The van der Waals surface area contributed by atoms with Crippen LogP contribution < -0.4 is 14.8 Å². The Morgan fingerprint density at radius 2 is 1.76 bits per heavy atom. The highest BCUT2D eigenvalue weighted by atomic mass is 79.9. The van der Waals surface area contributed by atoms with E-state index in [9.17, 15) is 5.11 Å². The highest BCUT2D eigenvalue weighted by Gasteiger charge is 2.08. The van der Waals surface area contributed by atoms with E-state index in [2.05, 4.69) is 21.2 Å². The second-order valence-corrected chi connectivity index (χ2v) is 5.47. The molecule has 0 aliphatic carbocycles. The number of hydrogen-bond donors (Lipinski definition) is 2. The van der Waals surface area contributed by atoms with Gasteiger partial charge < -0.3 is 19.9 Å². The molecule has 112 valence electrons. The first-order valence-corrected chi connectivity index (χ1v) is 7.32. The Morgan fingerprint density at radius 1 is 1.10 bits per heavy atom. The quantitative estimate of drug-likeness (QED) is 0.834. The molecule has 0 saturated heterocycles.